The lowest BCUT2D eigenvalue weighted by Gasteiger charge is -2.06. The van der Waals surface area contributed by atoms with Gasteiger partial charge in [0.1, 0.15) is 17.3 Å². The molecule has 0 bridgehead atoms. The van der Waals surface area contributed by atoms with Gasteiger partial charge in [-0.05, 0) is 43.3 Å². The molecule has 154 valence electrons. The monoisotopic (exact) mass is 433 g/mol. The van der Waals surface area contributed by atoms with Gasteiger partial charge in [-0.1, -0.05) is 29.1 Å². The van der Waals surface area contributed by atoms with Crippen LogP contribution in [0, 0.1) is 6.92 Å². The molecule has 0 fully saturated rings. The number of rotatable bonds is 6. The van der Waals surface area contributed by atoms with Crippen LogP contribution in [0.25, 0.3) is 23.5 Å². The van der Waals surface area contributed by atoms with Crippen molar-refractivity contribution in [3.63, 3.8) is 0 Å². The summed E-state index contributed by atoms with van der Waals surface area (Å²) < 4.78 is 49.1. The Hall–Kier alpha value is -3.34. The highest BCUT2D eigenvalue weighted by molar-refractivity contribution is 7.98. The lowest BCUT2D eigenvalue weighted by Crippen LogP contribution is -2.04. The molecule has 0 unspecified atom stereocenters. The van der Waals surface area contributed by atoms with Crippen molar-refractivity contribution >= 4 is 23.9 Å². The van der Waals surface area contributed by atoms with E-state index in [2.05, 4.69) is 25.3 Å². The molecule has 0 spiro atoms. The third kappa shape index (κ3) is 4.79. The van der Waals surface area contributed by atoms with Crippen LogP contribution in [0.5, 0.6) is 0 Å². The van der Waals surface area contributed by atoms with Crippen LogP contribution in [-0.4, -0.2) is 25.3 Å². The van der Waals surface area contributed by atoms with E-state index in [0.29, 0.717) is 16.7 Å². The maximum atomic E-state index is 12.9. The zero-order chi connectivity index (χ0) is 21.1. The first-order chi connectivity index (χ1) is 14.4. The molecular weight excluding hydrogens is 419 g/mol. The van der Waals surface area contributed by atoms with Gasteiger partial charge < -0.3 is 8.94 Å². The van der Waals surface area contributed by atoms with Gasteiger partial charge in [-0.15, -0.1) is 5.10 Å². The zero-order valence-corrected chi connectivity index (χ0v) is 16.3. The summed E-state index contributed by atoms with van der Waals surface area (Å²) >= 11 is 1.25. The van der Waals surface area contributed by atoms with Gasteiger partial charge in [0.15, 0.2) is 0 Å². The van der Waals surface area contributed by atoms with Crippen LogP contribution in [0.15, 0.2) is 50.5 Å². The van der Waals surface area contributed by atoms with E-state index in [9.17, 15) is 13.2 Å². The molecule has 4 aromatic rings. The summed E-state index contributed by atoms with van der Waals surface area (Å²) in [5.74, 6) is 2.66. The highest BCUT2D eigenvalue weighted by atomic mass is 32.2. The highest BCUT2D eigenvalue weighted by Gasteiger charge is 2.30. The molecule has 0 radical (unpaired) electrons. The first kappa shape index (κ1) is 20.0. The molecule has 7 nitrogen and oxygen atoms in total. The Kier molecular flexibility index (Phi) is 5.44. The van der Waals surface area contributed by atoms with Crippen LogP contribution in [-0.2, 0) is 11.9 Å². The van der Waals surface area contributed by atoms with E-state index in [1.807, 2.05) is 19.1 Å². The molecule has 3 heterocycles. The molecule has 0 saturated heterocycles. The SMILES string of the molecule is Cc1ccc(/C=C/c2nc(SCc3nc(-c4cccc(C(F)(F)F)c4)no3)n[nH]2)o1. The van der Waals surface area contributed by atoms with E-state index in [1.54, 1.807) is 12.2 Å². The molecule has 11 heteroatoms. The topological polar surface area (TPSA) is 93.6 Å². The van der Waals surface area contributed by atoms with E-state index in [4.69, 9.17) is 8.94 Å². The number of halogens is 3. The second-order valence-electron chi connectivity index (χ2n) is 6.16. The smallest absolute Gasteiger partial charge is 0.416 e. The quantitative estimate of drug-likeness (QED) is 0.416. The minimum absolute atomic E-state index is 0.0871. The highest BCUT2D eigenvalue weighted by Crippen LogP contribution is 2.31. The molecule has 0 saturated carbocycles. The summed E-state index contributed by atoms with van der Waals surface area (Å²) in [6, 6.07) is 8.47. The molecule has 1 aromatic carbocycles. The fourth-order valence-corrected chi connectivity index (χ4v) is 3.14. The summed E-state index contributed by atoms with van der Waals surface area (Å²) in [4.78, 5) is 8.45. The molecule has 0 aliphatic rings. The fourth-order valence-electron chi connectivity index (χ4n) is 2.49. The molecule has 30 heavy (non-hydrogen) atoms. The Bertz CT molecular complexity index is 1180. The van der Waals surface area contributed by atoms with E-state index in [1.165, 1.54) is 23.9 Å². The number of furan rings is 1. The minimum Gasteiger partial charge on any atom is -0.462 e. The van der Waals surface area contributed by atoms with Gasteiger partial charge in [0.2, 0.25) is 16.9 Å². The first-order valence-electron chi connectivity index (χ1n) is 8.67. The van der Waals surface area contributed by atoms with Crippen LogP contribution < -0.4 is 0 Å². The molecular formula is C19H14F3N5O2S. The van der Waals surface area contributed by atoms with Crippen molar-refractivity contribution in [2.45, 2.75) is 24.0 Å². The first-order valence-corrected chi connectivity index (χ1v) is 9.65. The normalized spacial score (nSPS) is 12.1. The van der Waals surface area contributed by atoms with Gasteiger partial charge in [0.25, 0.3) is 0 Å². The van der Waals surface area contributed by atoms with Crippen molar-refractivity contribution in [3.8, 4) is 11.4 Å². The average Bonchev–Trinajstić information content (AvgIpc) is 3.45. The van der Waals surface area contributed by atoms with Gasteiger partial charge >= 0.3 is 6.18 Å². The Balaban J connectivity index is 1.38. The largest absolute Gasteiger partial charge is 0.462 e. The van der Waals surface area contributed by atoms with Crippen LogP contribution in [0.2, 0.25) is 0 Å². The number of hydrogen-bond acceptors (Lipinski definition) is 7. The number of aromatic amines is 1. The molecule has 4 rings (SSSR count). The van der Waals surface area contributed by atoms with Crippen molar-refractivity contribution < 1.29 is 22.1 Å². The van der Waals surface area contributed by atoms with Crippen molar-refractivity contribution in [2.24, 2.45) is 0 Å². The van der Waals surface area contributed by atoms with Crippen LogP contribution in [0.1, 0.15) is 28.8 Å². The lowest BCUT2D eigenvalue weighted by atomic mass is 10.1. The maximum Gasteiger partial charge on any atom is 0.416 e. The number of nitrogens with one attached hydrogen (secondary N) is 1. The molecule has 0 atom stereocenters. The number of hydrogen-bond donors (Lipinski definition) is 1. The van der Waals surface area contributed by atoms with E-state index in [0.717, 1.165) is 17.9 Å². The van der Waals surface area contributed by atoms with Gasteiger partial charge in [0, 0.05) is 5.56 Å². The molecule has 3 aromatic heterocycles. The van der Waals surface area contributed by atoms with Crippen LogP contribution >= 0.6 is 11.8 Å². The standard InChI is InChI=1S/C19H14F3N5O2S/c1-11-5-6-14(28-11)7-8-15-23-18(26-25-15)30-10-16-24-17(27-29-16)12-3-2-4-13(9-12)19(20,21)22/h2-9H,10H2,1H3,(H,23,25,26)/b8-7+. The molecule has 1 N–H and O–H groups in total. The Labute approximate surface area is 172 Å². The third-order valence-electron chi connectivity index (χ3n) is 3.89. The van der Waals surface area contributed by atoms with Crippen molar-refractivity contribution in [1.82, 2.24) is 25.3 Å². The summed E-state index contributed by atoms with van der Waals surface area (Å²) in [7, 11) is 0. The van der Waals surface area contributed by atoms with Gasteiger partial charge in [0.05, 0.1) is 11.3 Å². The van der Waals surface area contributed by atoms with Gasteiger partial charge in [-0.25, -0.2) is 4.98 Å². The molecule has 0 aliphatic carbocycles. The summed E-state index contributed by atoms with van der Waals surface area (Å²) in [5, 5.41) is 11.1. The second kappa shape index (κ2) is 8.19. The van der Waals surface area contributed by atoms with Crippen molar-refractivity contribution in [1.29, 1.82) is 0 Å². The number of alkyl halides is 3. The second-order valence-corrected chi connectivity index (χ2v) is 7.11. The van der Waals surface area contributed by atoms with E-state index < -0.39 is 11.7 Å². The molecule has 0 aliphatic heterocycles. The van der Waals surface area contributed by atoms with Crippen LogP contribution in [0.3, 0.4) is 0 Å². The fraction of sp³-hybridized carbons (Fsp3) is 0.158. The number of benzene rings is 1. The number of H-pyrrole nitrogens is 1. The Morgan fingerprint density at radius 3 is 2.77 bits per heavy atom. The predicted molar refractivity (Wildman–Crippen MR) is 103 cm³/mol. The Morgan fingerprint density at radius 1 is 1.13 bits per heavy atom. The lowest BCUT2D eigenvalue weighted by molar-refractivity contribution is -0.137. The maximum absolute atomic E-state index is 12.9. The number of aromatic nitrogens is 5. The Morgan fingerprint density at radius 2 is 2.00 bits per heavy atom. The zero-order valence-electron chi connectivity index (χ0n) is 15.5. The van der Waals surface area contributed by atoms with Gasteiger partial charge in [-0.3, -0.25) is 5.10 Å². The average molecular weight is 433 g/mol. The van der Waals surface area contributed by atoms with Crippen molar-refractivity contribution in [3.05, 3.63) is 65.2 Å². The number of aryl methyl sites for hydroxylation is 1. The van der Waals surface area contributed by atoms with Crippen LogP contribution in [0.4, 0.5) is 13.2 Å². The number of nitrogens with zero attached hydrogens (tertiary/aromatic N) is 4. The minimum atomic E-state index is -4.44. The number of thioether (sulfide) groups is 1. The van der Waals surface area contributed by atoms with E-state index in [-0.39, 0.29) is 23.0 Å². The van der Waals surface area contributed by atoms with E-state index >= 15 is 0 Å². The van der Waals surface area contributed by atoms with Gasteiger partial charge in [-0.2, -0.15) is 18.2 Å². The summed E-state index contributed by atoms with van der Waals surface area (Å²) in [5.41, 5.74) is -0.546. The summed E-state index contributed by atoms with van der Waals surface area (Å²) in [6.45, 7) is 1.86. The third-order valence-corrected chi connectivity index (χ3v) is 4.72. The predicted octanol–water partition coefficient (Wildman–Crippen LogP) is 5.24. The molecule has 0 amide bonds. The van der Waals surface area contributed by atoms with Crippen molar-refractivity contribution in [2.75, 3.05) is 0 Å². The summed E-state index contributed by atoms with van der Waals surface area (Å²) in [6.07, 6.45) is -0.943.